The van der Waals surface area contributed by atoms with Gasteiger partial charge in [-0.15, -0.1) is 0 Å². The van der Waals surface area contributed by atoms with Crippen molar-refractivity contribution in [3.63, 3.8) is 0 Å². The Morgan fingerprint density at radius 1 is 1.15 bits per heavy atom. The third-order valence-electron chi connectivity index (χ3n) is 5.95. The number of nitrogens with one attached hydrogen (secondary N) is 2. The van der Waals surface area contributed by atoms with Crippen molar-refractivity contribution in [3.8, 4) is 0 Å². The molecule has 148 valence electrons. The van der Waals surface area contributed by atoms with E-state index in [0.29, 0.717) is 13.0 Å². The molecule has 1 aliphatic heterocycles. The van der Waals surface area contributed by atoms with Crippen molar-refractivity contribution in [2.24, 2.45) is 5.92 Å². The molecule has 1 aromatic carbocycles. The van der Waals surface area contributed by atoms with Crippen LogP contribution in [0.15, 0.2) is 24.3 Å². The standard InChI is InChI=1S/C22H33N3O2/c1-2-17-8-10-18(11-9-17)20-16-23-14-15-25(20)21(26)12-13-24-22(27)19-6-4-3-5-7-19/h8-11,19-20,23H,2-7,12-16H2,1H3,(H,24,27). The van der Waals surface area contributed by atoms with Crippen molar-refractivity contribution in [1.29, 1.82) is 0 Å². The zero-order chi connectivity index (χ0) is 19.1. The Balaban J connectivity index is 1.52. The van der Waals surface area contributed by atoms with E-state index in [4.69, 9.17) is 0 Å². The second-order valence-corrected chi connectivity index (χ2v) is 7.78. The zero-order valence-electron chi connectivity index (χ0n) is 16.5. The minimum absolute atomic E-state index is 0.0752. The number of piperazine rings is 1. The Kier molecular flexibility index (Phi) is 7.27. The first-order valence-electron chi connectivity index (χ1n) is 10.6. The molecule has 2 fully saturated rings. The van der Waals surface area contributed by atoms with Gasteiger partial charge < -0.3 is 15.5 Å². The molecule has 2 N–H and O–H groups in total. The van der Waals surface area contributed by atoms with Crippen LogP contribution >= 0.6 is 0 Å². The maximum atomic E-state index is 12.8. The molecule has 3 rings (SSSR count). The molecule has 5 nitrogen and oxygen atoms in total. The molecule has 27 heavy (non-hydrogen) atoms. The number of aryl methyl sites for hydroxylation is 1. The van der Waals surface area contributed by atoms with Crippen LogP contribution < -0.4 is 10.6 Å². The number of benzene rings is 1. The van der Waals surface area contributed by atoms with Crippen LogP contribution in [0.3, 0.4) is 0 Å². The highest BCUT2D eigenvalue weighted by atomic mass is 16.2. The molecular formula is C22H33N3O2. The van der Waals surface area contributed by atoms with E-state index in [9.17, 15) is 9.59 Å². The molecule has 2 amide bonds. The lowest BCUT2D eigenvalue weighted by Gasteiger charge is -2.37. The van der Waals surface area contributed by atoms with Gasteiger partial charge in [-0.1, -0.05) is 50.5 Å². The van der Waals surface area contributed by atoms with Gasteiger partial charge in [-0.25, -0.2) is 0 Å². The molecule has 0 radical (unpaired) electrons. The summed E-state index contributed by atoms with van der Waals surface area (Å²) >= 11 is 0. The topological polar surface area (TPSA) is 61.4 Å². The van der Waals surface area contributed by atoms with Crippen molar-refractivity contribution in [2.75, 3.05) is 26.2 Å². The SMILES string of the molecule is CCc1ccc(C2CNCCN2C(=O)CCNC(=O)C2CCCCC2)cc1. The summed E-state index contributed by atoms with van der Waals surface area (Å²) in [7, 11) is 0. The van der Waals surface area contributed by atoms with Crippen LogP contribution in [0, 0.1) is 5.92 Å². The van der Waals surface area contributed by atoms with E-state index in [-0.39, 0.29) is 23.8 Å². The van der Waals surface area contributed by atoms with Gasteiger partial charge in [0.15, 0.2) is 0 Å². The first kappa shape index (κ1) is 19.9. The highest BCUT2D eigenvalue weighted by molar-refractivity contribution is 5.80. The van der Waals surface area contributed by atoms with Gasteiger partial charge in [0.05, 0.1) is 6.04 Å². The van der Waals surface area contributed by atoms with Gasteiger partial charge in [0.2, 0.25) is 11.8 Å². The minimum atomic E-state index is 0.0752. The van der Waals surface area contributed by atoms with Crippen molar-refractivity contribution < 1.29 is 9.59 Å². The Labute approximate surface area is 162 Å². The largest absolute Gasteiger partial charge is 0.355 e. The van der Waals surface area contributed by atoms with Gasteiger partial charge in [0, 0.05) is 38.5 Å². The van der Waals surface area contributed by atoms with Crippen molar-refractivity contribution in [2.45, 2.75) is 57.9 Å². The molecule has 1 heterocycles. The third-order valence-corrected chi connectivity index (χ3v) is 5.95. The summed E-state index contributed by atoms with van der Waals surface area (Å²) in [6, 6.07) is 8.66. The number of carbonyl (C=O) groups is 2. The monoisotopic (exact) mass is 371 g/mol. The summed E-state index contributed by atoms with van der Waals surface area (Å²) < 4.78 is 0. The van der Waals surface area contributed by atoms with E-state index < -0.39 is 0 Å². The van der Waals surface area contributed by atoms with Crippen LogP contribution in [-0.4, -0.2) is 42.9 Å². The van der Waals surface area contributed by atoms with Crippen molar-refractivity contribution >= 4 is 11.8 Å². The number of hydrogen-bond acceptors (Lipinski definition) is 3. The summed E-state index contributed by atoms with van der Waals surface area (Å²) in [6.07, 6.45) is 6.92. The molecule has 1 unspecified atom stereocenters. The molecule has 0 aromatic heterocycles. The van der Waals surface area contributed by atoms with E-state index >= 15 is 0 Å². The maximum Gasteiger partial charge on any atom is 0.224 e. The molecule has 1 aromatic rings. The van der Waals surface area contributed by atoms with E-state index in [0.717, 1.165) is 51.7 Å². The van der Waals surface area contributed by atoms with E-state index in [2.05, 4.69) is 41.8 Å². The summed E-state index contributed by atoms with van der Waals surface area (Å²) in [5, 5.41) is 6.39. The quantitative estimate of drug-likeness (QED) is 0.808. The van der Waals surface area contributed by atoms with Crippen LogP contribution in [0.1, 0.15) is 62.6 Å². The van der Waals surface area contributed by atoms with Crippen LogP contribution in [0.25, 0.3) is 0 Å². The fourth-order valence-electron chi connectivity index (χ4n) is 4.22. The molecule has 5 heteroatoms. The van der Waals surface area contributed by atoms with Gasteiger partial charge in [-0.2, -0.15) is 0 Å². The molecule has 1 aliphatic carbocycles. The number of hydrogen-bond donors (Lipinski definition) is 2. The normalized spacial score (nSPS) is 21.1. The second-order valence-electron chi connectivity index (χ2n) is 7.78. The predicted molar refractivity (Wildman–Crippen MR) is 107 cm³/mol. The Morgan fingerprint density at radius 3 is 2.59 bits per heavy atom. The lowest BCUT2D eigenvalue weighted by molar-refractivity contribution is -0.134. The average molecular weight is 372 g/mol. The van der Waals surface area contributed by atoms with E-state index in [1.807, 2.05) is 4.90 Å². The third kappa shape index (κ3) is 5.32. The molecule has 1 saturated heterocycles. The first-order valence-corrected chi connectivity index (χ1v) is 10.6. The lowest BCUT2D eigenvalue weighted by atomic mass is 9.89. The van der Waals surface area contributed by atoms with Crippen LogP contribution in [-0.2, 0) is 16.0 Å². The number of rotatable bonds is 6. The molecule has 1 atom stereocenters. The predicted octanol–water partition coefficient (Wildman–Crippen LogP) is 2.81. The van der Waals surface area contributed by atoms with Gasteiger partial charge in [-0.3, -0.25) is 9.59 Å². The van der Waals surface area contributed by atoms with Crippen LogP contribution in [0.4, 0.5) is 0 Å². The Hall–Kier alpha value is -1.88. The maximum absolute atomic E-state index is 12.8. The zero-order valence-corrected chi connectivity index (χ0v) is 16.5. The smallest absolute Gasteiger partial charge is 0.224 e. The molecular weight excluding hydrogens is 338 g/mol. The average Bonchev–Trinajstić information content (AvgIpc) is 2.74. The number of amides is 2. The highest BCUT2D eigenvalue weighted by Crippen LogP contribution is 2.25. The van der Waals surface area contributed by atoms with E-state index in [1.54, 1.807) is 0 Å². The minimum Gasteiger partial charge on any atom is -0.355 e. The van der Waals surface area contributed by atoms with Crippen molar-refractivity contribution in [3.05, 3.63) is 35.4 Å². The van der Waals surface area contributed by atoms with Gasteiger partial charge in [0.25, 0.3) is 0 Å². The highest BCUT2D eigenvalue weighted by Gasteiger charge is 2.28. The van der Waals surface area contributed by atoms with E-state index in [1.165, 1.54) is 17.5 Å². The summed E-state index contributed by atoms with van der Waals surface area (Å²) in [4.78, 5) is 27.0. The summed E-state index contributed by atoms with van der Waals surface area (Å²) in [5.41, 5.74) is 2.49. The molecule has 0 spiro atoms. The first-order chi connectivity index (χ1) is 13.2. The fourth-order valence-corrected chi connectivity index (χ4v) is 4.22. The Bertz CT molecular complexity index is 623. The van der Waals surface area contributed by atoms with Gasteiger partial charge in [0.1, 0.15) is 0 Å². The fraction of sp³-hybridized carbons (Fsp3) is 0.636. The number of nitrogens with zero attached hydrogens (tertiary/aromatic N) is 1. The second kappa shape index (κ2) is 9.88. The Morgan fingerprint density at radius 2 is 1.89 bits per heavy atom. The van der Waals surface area contributed by atoms with Gasteiger partial charge >= 0.3 is 0 Å². The van der Waals surface area contributed by atoms with Gasteiger partial charge in [-0.05, 0) is 30.4 Å². The van der Waals surface area contributed by atoms with Crippen LogP contribution in [0.2, 0.25) is 0 Å². The lowest BCUT2D eigenvalue weighted by Crippen LogP contribution is -2.49. The number of carbonyl (C=O) groups excluding carboxylic acids is 2. The molecule has 1 saturated carbocycles. The molecule has 2 aliphatic rings. The summed E-state index contributed by atoms with van der Waals surface area (Å²) in [6.45, 7) is 4.92. The van der Waals surface area contributed by atoms with Crippen LogP contribution in [0.5, 0.6) is 0 Å². The summed E-state index contributed by atoms with van der Waals surface area (Å²) in [5.74, 6) is 0.414. The van der Waals surface area contributed by atoms with Crippen molar-refractivity contribution in [1.82, 2.24) is 15.5 Å². The molecule has 0 bridgehead atoms.